The first-order valence-corrected chi connectivity index (χ1v) is 6.11. The standard InChI is InChI=1S/C15H14NO4/c17-15(18)14(12-4-2-1-3-5-12)10-11-6-8-13(9-7-11)16(19)20/h1-9,14,19H,10H2,(H,17,18)/q-1. The molecule has 2 aromatic carbocycles. The summed E-state index contributed by atoms with van der Waals surface area (Å²) in [7, 11) is 0. The molecule has 20 heavy (non-hydrogen) atoms. The third-order valence-electron chi connectivity index (χ3n) is 3.10. The molecular weight excluding hydrogens is 258 g/mol. The predicted molar refractivity (Wildman–Crippen MR) is 74.6 cm³/mol. The fourth-order valence-corrected chi connectivity index (χ4v) is 2.03. The Hall–Kier alpha value is -2.37. The van der Waals surface area contributed by atoms with Crippen LogP contribution in [0, 0.1) is 5.21 Å². The number of rotatable bonds is 5. The first-order chi connectivity index (χ1) is 9.58. The Kier molecular flexibility index (Phi) is 4.34. The molecule has 2 rings (SSSR count). The summed E-state index contributed by atoms with van der Waals surface area (Å²) < 4.78 is 0. The van der Waals surface area contributed by atoms with E-state index in [0.717, 1.165) is 11.1 Å². The lowest BCUT2D eigenvalue weighted by molar-refractivity contribution is -0.138. The van der Waals surface area contributed by atoms with Gasteiger partial charge in [-0.25, -0.2) is 0 Å². The molecule has 0 aliphatic heterocycles. The van der Waals surface area contributed by atoms with E-state index in [2.05, 4.69) is 0 Å². The van der Waals surface area contributed by atoms with Crippen LogP contribution in [0.2, 0.25) is 0 Å². The number of carboxylic acids is 1. The molecule has 1 atom stereocenters. The molecule has 0 heterocycles. The van der Waals surface area contributed by atoms with Crippen LogP contribution in [0.5, 0.6) is 0 Å². The first kappa shape index (κ1) is 14.0. The topological polar surface area (TPSA) is 83.8 Å². The molecule has 0 aromatic heterocycles. The number of aliphatic carboxylic acids is 1. The maximum Gasteiger partial charge on any atom is 0.311 e. The van der Waals surface area contributed by atoms with Crippen LogP contribution in [0.25, 0.3) is 0 Å². The number of hydrogen-bond acceptors (Lipinski definition) is 4. The Morgan fingerprint density at radius 3 is 2.20 bits per heavy atom. The van der Waals surface area contributed by atoms with E-state index >= 15 is 0 Å². The van der Waals surface area contributed by atoms with Gasteiger partial charge in [0.05, 0.1) is 11.6 Å². The average molecular weight is 272 g/mol. The zero-order valence-electron chi connectivity index (χ0n) is 10.6. The number of carboxylic acid groups (broad SMARTS) is 1. The van der Waals surface area contributed by atoms with E-state index in [9.17, 15) is 15.1 Å². The summed E-state index contributed by atoms with van der Waals surface area (Å²) in [5.74, 6) is -1.53. The summed E-state index contributed by atoms with van der Waals surface area (Å²) in [4.78, 5) is 11.4. The molecule has 104 valence electrons. The second-order valence-electron chi connectivity index (χ2n) is 4.45. The van der Waals surface area contributed by atoms with Gasteiger partial charge in [0.2, 0.25) is 0 Å². The highest BCUT2D eigenvalue weighted by Gasteiger charge is 2.19. The fourth-order valence-electron chi connectivity index (χ4n) is 2.03. The highest BCUT2D eigenvalue weighted by molar-refractivity contribution is 5.76. The van der Waals surface area contributed by atoms with Gasteiger partial charge in [0.1, 0.15) is 0 Å². The maximum atomic E-state index is 11.4. The molecule has 2 aromatic rings. The third kappa shape index (κ3) is 3.34. The van der Waals surface area contributed by atoms with Crippen LogP contribution >= 0.6 is 0 Å². The minimum absolute atomic E-state index is 0.111. The Balaban J connectivity index is 2.19. The van der Waals surface area contributed by atoms with E-state index in [1.54, 1.807) is 36.4 Å². The largest absolute Gasteiger partial charge is 0.733 e. The molecule has 0 saturated carbocycles. The van der Waals surface area contributed by atoms with Crippen molar-refractivity contribution in [1.29, 1.82) is 0 Å². The monoisotopic (exact) mass is 272 g/mol. The molecule has 2 N–H and O–H groups in total. The lowest BCUT2D eigenvalue weighted by atomic mass is 9.92. The molecule has 5 heteroatoms. The third-order valence-corrected chi connectivity index (χ3v) is 3.10. The highest BCUT2D eigenvalue weighted by Crippen LogP contribution is 2.22. The van der Waals surface area contributed by atoms with E-state index < -0.39 is 11.9 Å². The highest BCUT2D eigenvalue weighted by atomic mass is 16.8. The Labute approximate surface area is 116 Å². The molecule has 1 unspecified atom stereocenters. The van der Waals surface area contributed by atoms with Crippen LogP contribution < -0.4 is 5.23 Å². The first-order valence-electron chi connectivity index (χ1n) is 6.11. The Morgan fingerprint density at radius 1 is 1.10 bits per heavy atom. The van der Waals surface area contributed by atoms with Gasteiger partial charge in [0.25, 0.3) is 0 Å². The SMILES string of the molecule is O=C(O)C(Cc1ccc(N([O-])O)cc1)c1ccccc1. The van der Waals surface area contributed by atoms with Crippen molar-refractivity contribution < 1.29 is 15.1 Å². The van der Waals surface area contributed by atoms with Crippen molar-refractivity contribution in [3.63, 3.8) is 0 Å². The van der Waals surface area contributed by atoms with Crippen molar-refractivity contribution in [1.82, 2.24) is 0 Å². The molecule has 0 saturated heterocycles. The summed E-state index contributed by atoms with van der Waals surface area (Å²) in [5, 5.41) is 28.5. The molecule has 5 nitrogen and oxygen atoms in total. The zero-order valence-corrected chi connectivity index (χ0v) is 10.6. The van der Waals surface area contributed by atoms with Gasteiger partial charge in [0.15, 0.2) is 0 Å². The van der Waals surface area contributed by atoms with Gasteiger partial charge in [-0.1, -0.05) is 42.5 Å². The van der Waals surface area contributed by atoms with Gasteiger partial charge >= 0.3 is 5.97 Å². The molecular formula is C15H14NO4-. The number of anilines is 1. The van der Waals surface area contributed by atoms with Crippen LogP contribution in [-0.2, 0) is 11.2 Å². The number of carbonyl (C=O) groups is 1. The van der Waals surface area contributed by atoms with Crippen molar-refractivity contribution in [3.8, 4) is 0 Å². The predicted octanol–water partition coefficient (Wildman–Crippen LogP) is 2.79. The van der Waals surface area contributed by atoms with Crippen LogP contribution in [0.15, 0.2) is 54.6 Å². The lowest BCUT2D eigenvalue weighted by Crippen LogP contribution is -2.14. The normalized spacial score (nSPS) is 11.9. The van der Waals surface area contributed by atoms with E-state index in [4.69, 9.17) is 5.21 Å². The second-order valence-corrected chi connectivity index (χ2v) is 4.45. The molecule has 0 aliphatic carbocycles. The van der Waals surface area contributed by atoms with Crippen LogP contribution in [-0.4, -0.2) is 16.3 Å². The van der Waals surface area contributed by atoms with Crippen molar-refractivity contribution in [3.05, 3.63) is 70.9 Å². The van der Waals surface area contributed by atoms with Gasteiger partial charge < -0.3 is 15.5 Å². The maximum absolute atomic E-state index is 11.4. The van der Waals surface area contributed by atoms with Crippen molar-refractivity contribution >= 4 is 11.7 Å². The summed E-state index contributed by atoms with van der Waals surface area (Å²) in [6, 6.07) is 15.2. The van der Waals surface area contributed by atoms with Gasteiger partial charge in [-0.3, -0.25) is 10.0 Å². The van der Waals surface area contributed by atoms with Crippen molar-refractivity contribution in [2.75, 3.05) is 5.23 Å². The molecule has 0 amide bonds. The zero-order chi connectivity index (χ0) is 14.5. The van der Waals surface area contributed by atoms with Gasteiger partial charge in [-0.05, 0) is 29.7 Å². The quantitative estimate of drug-likeness (QED) is 0.818. The Bertz CT molecular complexity index is 566. The van der Waals surface area contributed by atoms with E-state index in [-0.39, 0.29) is 10.9 Å². The van der Waals surface area contributed by atoms with Gasteiger partial charge in [0, 0.05) is 0 Å². The average Bonchev–Trinajstić information content (AvgIpc) is 2.46. The fraction of sp³-hybridized carbons (Fsp3) is 0.133. The second kappa shape index (κ2) is 6.18. The number of nitrogens with zero attached hydrogens (tertiary/aromatic N) is 1. The number of benzene rings is 2. The lowest BCUT2D eigenvalue weighted by Gasteiger charge is -2.21. The summed E-state index contributed by atoms with van der Waals surface area (Å²) in [6.07, 6.45) is 0.323. The molecule has 0 spiro atoms. The summed E-state index contributed by atoms with van der Waals surface area (Å²) >= 11 is 0. The van der Waals surface area contributed by atoms with Crippen molar-refractivity contribution in [2.24, 2.45) is 0 Å². The van der Waals surface area contributed by atoms with E-state index in [1.165, 1.54) is 12.1 Å². The molecule has 0 fully saturated rings. The molecule has 0 aliphatic rings. The molecule has 0 bridgehead atoms. The van der Waals surface area contributed by atoms with E-state index in [0.29, 0.717) is 6.42 Å². The van der Waals surface area contributed by atoms with Crippen LogP contribution in [0.3, 0.4) is 0 Å². The van der Waals surface area contributed by atoms with Crippen molar-refractivity contribution in [2.45, 2.75) is 12.3 Å². The minimum atomic E-state index is -0.895. The Morgan fingerprint density at radius 2 is 1.70 bits per heavy atom. The van der Waals surface area contributed by atoms with E-state index in [1.807, 2.05) is 6.07 Å². The van der Waals surface area contributed by atoms with Gasteiger partial charge in [-0.2, -0.15) is 0 Å². The number of hydrogen-bond donors (Lipinski definition) is 2. The van der Waals surface area contributed by atoms with Crippen LogP contribution in [0.4, 0.5) is 5.69 Å². The summed E-state index contributed by atoms with van der Waals surface area (Å²) in [5.41, 5.74) is 1.63. The minimum Gasteiger partial charge on any atom is -0.733 e. The smallest absolute Gasteiger partial charge is 0.311 e. The van der Waals surface area contributed by atoms with Gasteiger partial charge in [-0.15, -0.1) is 0 Å². The van der Waals surface area contributed by atoms with Crippen LogP contribution in [0.1, 0.15) is 17.0 Å². The molecule has 0 radical (unpaired) electrons. The summed E-state index contributed by atoms with van der Waals surface area (Å²) in [6.45, 7) is 0.